The summed E-state index contributed by atoms with van der Waals surface area (Å²) < 4.78 is 5.32. The van der Waals surface area contributed by atoms with Gasteiger partial charge >= 0.3 is 0 Å². The minimum Gasteiger partial charge on any atom is -0.497 e. The molecule has 0 spiro atoms. The van der Waals surface area contributed by atoms with Crippen molar-refractivity contribution in [3.63, 3.8) is 0 Å². The number of hydrazone groups is 1. The number of halogens is 1. The van der Waals surface area contributed by atoms with E-state index in [2.05, 4.69) is 10.3 Å². The number of hydrogen-bond donors (Lipinski definition) is 1. The van der Waals surface area contributed by atoms with E-state index in [1.54, 1.807) is 12.1 Å². The molecule has 0 aromatic heterocycles. The third-order valence-electron chi connectivity index (χ3n) is 6.54. The number of benzene rings is 3. The van der Waals surface area contributed by atoms with Crippen LogP contribution in [0.1, 0.15) is 41.1 Å². The standard InChI is InChI=1S/C29H27ClN4O3S/c1-17-4-13-23(18(2)14-17)31-27(35)16-26-28(36)32-29(38-26)34-25(20-7-11-22(37-3)12-8-20)15-24(33-34)19-5-9-21(30)10-6-19/h4-14,25-26H,15-16H2,1-3H3,(H,31,35)/t25-,26-/m0/s1. The minimum absolute atomic E-state index is 0.0264. The van der Waals surface area contributed by atoms with Crippen LogP contribution in [0.25, 0.3) is 0 Å². The number of carbonyl (C=O) groups is 2. The molecule has 5 rings (SSSR count). The van der Waals surface area contributed by atoms with Gasteiger partial charge < -0.3 is 10.1 Å². The fourth-order valence-electron chi connectivity index (χ4n) is 4.52. The van der Waals surface area contributed by atoms with Crippen molar-refractivity contribution in [3.8, 4) is 5.75 Å². The number of amidine groups is 1. The zero-order chi connectivity index (χ0) is 26.8. The summed E-state index contributed by atoms with van der Waals surface area (Å²) in [5, 5.41) is 10.1. The molecule has 2 aliphatic heterocycles. The lowest BCUT2D eigenvalue weighted by Crippen LogP contribution is -2.25. The van der Waals surface area contributed by atoms with E-state index in [0.29, 0.717) is 16.6 Å². The summed E-state index contributed by atoms with van der Waals surface area (Å²) in [5.41, 5.74) is 5.68. The van der Waals surface area contributed by atoms with Crippen molar-refractivity contribution in [2.75, 3.05) is 12.4 Å². The van der Waals surface area contributed by atoms with Gasteiger partial charge in [0.05, 0.1) is 18.9 Å². The Hall–Kier alpha value is -3.62. The number of carbonyl (C=O) groups excluding carboxylic acids is 2. The van der Waals surface area contributed by atoms with E-state index in [1.807, 2.05) is 80.6 Å². The smallest absolute Gasteiger partial charge is 0.262 e. The van der Waals surface area contributed by atoms with Crippen LogP contribution in [0.3, 0.4) is 0 Å². The van der Waals surface area contributed by atoms with Crippen LogP contribution in [0.5, 0.6) is 5.75 Å². The Morgan fingerprint density at radius 1 is 1.11 bits per heavy atom. The van der Waals surface area contributed by atoms with Gasteiger partial charge in [-0.2, -0.15) is 10.1 Å². The molecule has 0 fully saturated rings. The fourth-order valence-corrected chi connectivity index (χ4v) is 5.70. The summed E-state index contributed by atoms with van der Waals surface area (Å²) in [5.74, 6) is 0.205. The number of nitrogens with one attached hydrogen (secondary N) is 1. The molecule has 2 aliphatic rings. The first-order valence-corrected chi connectivity index (χ1v) is 13.5. The van der Waals surface area contributed by atoms with Crippen molar-refractivity contribution in [1.82, 2.24) is 5.01 Å². The van der Waals surface area contributed by atoms with E-state index in [0.717, 1.165) is 39.4 Å². The van der Waals surface area contributed by atoms with Crippen molar-refractivity contribution in [1.29, 1.82) is 0 Å². The van der Waals surface area contributed by atoms with Gasteiger partial charge in [-0.05, 0) is 60.9 Å². The van der Waals surface area contributed by atoms with Crippen LogP contribution in [-0.2, 0) is 9.59 Å². The number of hydrogen-bond acceptors (Lipinski definition) is 6. The maximum Gasteiger partial charge on any atom is 0.262 e. The number of amides is 2. The van der Waals surface area contributed by atoms with Crippen LogP contribution < -0.4 is 10.1 Å². The second-order valence-corrected chi connectivity index (χ2v) is 10.9. The summed E-state index contributed by atoms with van der Waals surface area (Å²) in [6.07, 6.45) is 0.651. The average molecular weight is 547 g/mol. The number of nitrogens with zero attached hydrogens (tertiary/aromatic N) is 3. The van der Waals surface area contributed by atoms with Crippen molar-refractivity contribution in [2.24, 2.45) is 10.1 Å². The summed E-state index contributed by atoms with van der Waals surface area (Å²) in [6.45, 7) is 3.95. The van der Waals surface area contributed by atoms with Gasteiger partial charge in [-0.15, -0.1) is 0 Å². The highest BCUT2D eigenvalue weighted by atomic mass is 35.5. The lowest BCUT2D eigenvalue weighted by molar-refractivity contribution is -0.121. The molecule has 0 saturated carbocycles. The van der Waals surface area contributed by atoms with E-state index >= 15 is 0 Å². The first-order chi connectivity index (χ1) is 18.3. The molecule has 1 N–H and O–H groups in total. The molecule has 194 valence electrons. The summed E-state index contributed by atoms with van der Waals surface area (Å²) in [4.78, 5) is 30.0. The number of methoxy groups -OCH3 is 1. The topological polar surface area (TPSA) is 83.4 Å². The molecule has 9 heteroatoms. The van der Waals surface area contributed by atoms with Crippen molar-refractivity contribution in [2.45, 2.75) is 38.0 Å². The molecule has 0 aliphatic carbocycles. The summed E-state index contributed by atoms with van der Waals surface area (Å²) in [6, 6.07) is 21.0. The Kier molecular flexibility index (Phi) is 7.53. The van der Waals surface area contributed by atoms with Crippen LogP contribution in [0, 0.1) is 13.8 Å². The second kappa shape index (κ2) is 11.0. The van der Waals surface area contributed by atoms with E-state index in [1.165, 1.54) is 11.8 Å². The number of rotatable bonds is 6. The maximum atomic E-state index is 12.9. The highest BCUT2D eigenvalue weighted by molar-refractivity contribution is 8.15. The third kappa shape index (κ3) is 5.61. The molecule has 0 unspecified atom stereocenters. The van der Waals surface area contributed by atoms with Crippen LogP contribution in [0.4, 0.5) is 5.69 Å². The molecule has 3 aromatic rings. The molecule has 0 saturated heterocycles. The monoisotopic (exact) mass is 546 g/mol. The molecule has 38 heavy (non-hydrogen) atoms. The number of aryl methyl sites for hydroxylation is 2. The zero-order valence-electron chi connectivity index (χ0n) is 21.3. The highest BCUT2D eigenvalue weighted by Crippen LogP contribution is 2.39. The van der Waals surface area contributed by atoms with Crippen LogP contribution in [0.2, 0.25) is 5.02 Å². The van der Waals surface area contributed by atoms with Gasteiger partial charge in [0.2, 0.25) is 5.91 Å². The number of anilines is 1. The Balaban J connectivity index is 1.35. The predicted molar refractivity (Wildman–Crippen MR) is 153 cm³/mol. The van der Waals surface area contributed by atoms with Crippen LogP contribution in [-0.4, -0.2) is 40.1 Å². The molecule has 3 aromatic carbocycles. The molecule has 0 bridgehead atoms. The number of aliphatic imine (C=N–C) groups is 1. The molecular formula is C29H27ClN4O3S. The van der Waals surface area contributed by atoms with Gasteiger partial charge in [0.1, 0.15) is 11.0 Å². The van der Waals surface area contributed by atoms with Crippen molar-refractivity contribution in [3.05, 3.63) is 94.0 Å². The Labute approximate surface area is 230 Å². The summed E-state index contributed by atoms with van der Waals surface area (Å²) >= 11 is 7.37. The lowest BCUT2D eigenvalue weighted by Gasteiger charge is -2.23. The molecule has 2 atom stereocenters. The van der Waals surface area contributed by atoms with E-state index in [9.17, 15) is 9.59 Å². The van der Waals surface area contributed by atoms with Crippen molar-refractivity contribution < 1.29 is 14.3 Å². The lowest BCUT2D eigenvalue weighted by atomic mass is 9.98. The number of ether oxygens (including phenoxy) is 1. The molecule has 2 heterocycles. The van der Waals surface area contributed by atoms with Crippen molar-refractivity contribution >= 4 is 51.7 Å². The van der Waals surface area contributed by atoms with Gasteiger partial charge in [0.25, 0.3) is 5.91 Å². The largest absolute Gasteiger partial charge is 0.497 e. The van der Waals surface area contributed by atoms with E-state index in [4.69, 9.17) is 21.4 Å². The first-order valence-electron chi connectivity index (χ1n) is 12.2. The Morgan fingerprint density at radius 3 is 2.53 bits per heavy atom. The number of thioether (sulfide) groups is 1. The SMILES string of the molecule is COc1ccc([C@@H]2CC(c3ccc(Cl)cc3)=NN2C2=NC(=O)[C@H](CC(=O)Nc3ccc(C)cc3C)S2)cc1. The summed E-state index contributed by atoms with van der Waals surface area (Å²) in [7, 11) is 1.63. The third-order valence-corrected chi connectivity index (χ3v) is 7.93. The Bertz CT molecular complexity index is 1440. The van der Waals surface area contributed by atoms with Gasteiger partial charge in [0.15, 0.2) is 5.17 Å². The molecular weight excluding hydrogens is 520 g/mol. The molecule has 7 nitrogen and oxygen atoms in total. The Morgan fingerprint density at radius 2 is 1.84 bits per heavy atom. The van der Waals surface area contributed by atoms with Gasteiger partial charge in [-0.25, -0.2) is 5.01 Å². The van der Waals surface area contributed by atoms with Gasteiger partial charge in [0, 0.05) is 23.6 Å². The normalized spacial score (nSPS) is 18.8. The minimum atomic E-state index is -0.609. The molecule has 2 amide bonds. The van der Waals surface area contributed by atoms with Gasteiger partial charge in [-0.1, -0.05) is 65.3 Å². The maximum absolute atomic E-state index is 12.9. The van der Waals surface area contributed by atoms with E-state index < -0.39 is 5.25 Å². The van der Waals surface area contributed by atoms with E-state index in [-0.39, 0.29) is 24.3 Å². The first kappa shape index (κ1) is 26.0. The van der Waals surface area contributed by atoms with Gasteiger partial charge in [-0.3, -0.25) is 9.59 Å². The highest BCUT2D eigenvalue weighted by Gasteiger charge is 2.39. The quantitative estimate of drug-likeness (QED) is 0.401. The predicted octanol–water partition coefficient (Wildman–Crippen LogP) is 6.14. The average Bonchev–Trinajstić information content (AvgIpc) is 3.50. The zero-order valence-corrected chi connectivity index (χ0v) is 22.8. The van der Waals surface area contributed by atoms with Crippen LogP contribution >= 0.6 is 23.4 Å². The van der Waals surface area contributed by atoms with Crippen LogP contribution in [0.15, 0.2) is 76.8 Å². The molecule has 0 radical (unpaired) electrons. The fraction of sp³-hybridized carbons (Fsp3) is 0.241. The second-order valence-electron chi connectivity index (χ2n) is 9.30.